The van der Waals surface area contributed by atoms with Gasteiger partial charge in [-0.3, -0.25) is 0 Å². The minimum atomic E-state index is -0.00796. The van der Waals surface area contributed by atoms with Crippen LogP contribution in [0.25, 0.3) is 0 Å². The maximum Gasteiger partial charge on any atom is 0.124 e. The van der Waals surface area contributed by atoms with Crippen LogP contribution in [0.2, 0.25) is 0 Å². The summed E-state index contributed by atoms with van der Waals surface area (Å²) in [5, 5.41) is -0.00796. The highest BCUT2D eigenvalue weighted by Crippen LogP contribution is 2.38. The van der Waals surface area contributed by atoms with E-state index in [-0.39, 0.29) is 5.38 Å². The van der Waals surface area contributed by atoms with Gasteiger partial charge in [-0.2, -0.15) is 0 Å². The molecule has 0 bridgehead atoms. The third-order valence-electron chi connectivity index (χ3n) is 3.18. The van der Waals surface area contributed by atoms with E-state index in [0.29, 0.717) is 17.9 Å². The smallest absolute Gasteiger partial charge is 0.124 e. The number of benzene rings is 1. The Morgan fingerprint density at radius 3 is 2.50 bits per heavy atom. The summed E-state index contributed by atoms with van der Waals surface area (Å²) in [6.07, 6.45) is 2.14. The van der Waals surface area contributed by atoms with E-state index in [9.17, 15) is 0 Å². The molecule has 0 aliphatic carbocycles. The molecule has 0 N–H and O–H groups in total. The van der Waals surface area contributed by atoms with Crippen molar-refractivity contribution in [3.05, 3.63) is 28.2 Å². The Kier molecular flexibility index (Phi) is 6.87. The molecule has 2 atom stereocenters. The van der Waals surface area contributed by atoms with Gasteiger partial charge >= 0.3 is 0 Å². The predicted molar refractivity (Wildman–Crippen MR) is 91.8 cm³/mol. The van der Waals surface area contributed by atoms with E-state index in [4.69, 9.17) is 16.3 Å². The molecule has 1 aromatic carbocycles. The molecule has 0 saturated carbocycles. The molecule has 0 aromatic heterocycles. The fourth-order valence-corrected chi connectivity index (χ4v) is 3.51. The van der Waals surface area contributed by atoms with Crippen LogP contribution in [-0.2, 0) is 0 Å². The first-order valence-corrected chi connectivity index (χ1v) is 8.52. The van der Waals surface area contributed by atoms with Crippen LogP contribution < -0.4 is 4.74 Å². The minimum absolute atomic E-state index is 0.00796. The van der Waals surface area contributed by atoms with Crippen molar-refractivity contribution in [2.45, 2.75) is 52.8 Å². The van der Waals surface area contributed by atoms with Gasteiger partial charge in [-0.05, 0) is 49.3 Å². The summed E-state index contributed by atoms with van der Waals surface area (Å²) < 4.78 is 6.74. The number of hydrogen-bond donors (Lipinski definition) is 0. The van der Waals surface area contributed by atoms with Crippen molar-refractivity contribution in [1.82, 2.24) is 0 Å². The molecule has 0 fully saturated rings. The van der Waals surface area contributed by atoms with Gasteiger partial charge < -0.3 is 4.74 Å². The summed E-state index contributed by atoms with van der Waals surface area (Å²) in [4.78, 5) is 0. The average Bonchev–Trinajstić information content (AvgIpc) is 2.29. The van der Waals surface area contributed by atoms with Crippen LogP contribution >= 0.6 is 27.5 Å². The van der Waals surface area contributed by atoms with Gasteiger partial charge in [0.25, 0.3) is 0 Å². The van der Waals surface area contributed by atoms with Gasteiger partial charge in [0.1, 0.15) is 5.75 Å². The SMILES string of the molecule is CCOc1ccc(Br)cc1C(Cl)CC(C)CC(C)(C)C. The Morgan fingerprint density at radius 2 is 1.95 bits per heavy atom. The van der Waals surface area contributed by atoms with Crippen molar-refractivity contribution in [2.24, 2.45) is 11.3 Å². The third kappa shape index (κ3) is 6.05. The fourth-order valence-electron chi connectivity index (χ4n) is 2.66. The molecule has 20 heavy (non-hydrogen) atoms. The third-order valence-corrected chi connectivity index (χ3v) is 4.09. The van der Waals surface area contributed by atoms with Crippen LogP contribution in [-0.4, -0.2) is 6.61 Å². The molecule has 0 radical (unpaired) electrons. The first-order chi connectivity index (χ1) is 9.23. The van der Waals surface area contributed by atoms with Crippen LogP contribution in [0.4, 0.5) is 0 Å². The van der Waals surface area contributed by atoms with Crippen LogP contribution in [0.3, 0.4) is 0 Å². The monoisotopic (exact) mass is 360 g/mol. The number of rotatable bonds is 6. The fraction of sp³-hybridized carbons (Fsp3) is 0.647. The Labute approximate surface area is 137 Å². The zero-order valence-electron chi connectivity index (χ0n) is 13.2. The van der Waals surface area contributed by atoms with Gasteiger partial charge in [-0.25, -0.2) is 0 Å². The summed E-state index contributed by atoms with van der Waals surface area (Å²) in [6, 6.07) is 6.07. The summed E-state index contributed by atoms with van der Waals surface area (Å²) >= 11 is 10.2. The lowest BCUT2D eigenvalue weighted by Crippen LogP contribution is -2.12. The average molecular weight is 362 g/mol. The lowest BCUT2D eigenvalue weighted by molar-refractivity contribution is 0.293. The van der Waals surface area contributed by atoms with E-state index in [1.807, 2.05) is 19.1 Å². The van der Waals surface area contributed by atoms with Crippen molar-refractivity contribution in [3.8, 4) is 5.75 Å². The second-order valence-electron chi connectivity index (χ2n) is 6.69. The number of halogens is 2. The molecule has 114 valence electrons. The van der Waals surface area contributed by atoms with Crippen molar-refractivity contribution >= 4 is 27.5 Å². The van der Waals surface area contributed by atoms with E-state index in [0.717, 1.165) is 22.2 Å². The predicted octanol–water partition coefficient (Wildman–Crippen LogP) is 6.59. The molecule has 0 heterocycles. The standard InChI is InChI=1S/C17H26BrClO/c1-6-20-16-8-7-13(18)10-14(16)15(19)9-12(2)11-17(3,4)5/h7-8,10,12,15H,6,9,11H2,1-5H3. The zero-order valence-corrected chi connectivity index (χ0v) is 15.5. The van der Waals surface area contributed by atoms with E-state index in [1.54, 1.807) is 0 Å². The van der Waals surface area contributed by atoms with E-state index in [2.05, 4.69) is 49.7 Å². The molecule has 0 amide bonds. The van der Waals surface area contributed by atoms with Crippen molar-refractivity contribution in [3.63, 3.8) is 0 Å². The Hall–Kier alpha value is -0.210. The van der Waals surface area contributed by atoms with Crippen LogP contribution in [0.5, 0.6) is 5.75 Å². The lowest BCUT2D eigenvalue weighted by atomic mass is 9.83. The Morgan fingerprint density at radius 1 is 1.30 bits per heavy atom. The molecule has 1 aromatic rings. The molecule has 1 nitrogen and oxygen atoms in total. The summed E-state index contributed by atoms with van der Waals surface area (Å²) in [5.74, 6) is 1.49. The molecule has 0 spiro atoms. The summed E-state index contributed by atoms with van der Waals surface area (Å²) in [5.41, 5.74) is 1.43. The second kappa shape index (κ2) is 7.70. The number of alkyl halides is 1. The maximum atomic E-state index is 6.64. The van der Waals surface area contributed by atoms with Gasteiger partial charge in [-0.15, -0.1) is 11.6 Å². The minimum Gasteiger partial charge on any atom is -0.494 e. The highest BCUT2D eigenvalue weighted by atomic mass is 79.9. The van der Waals surface area contributed by atoms with Crippen molar-refractivity contribution in [1.29, 1.82) is 0 Å². The molecule has 3 heteroatoms. The molecular formula is C17H26BrClO. The highest BCUT2D eigenvalue weighted by molar-refractivity contribution is 9.10. The van der Waals surface area contributed by atoms with E-state index >= 15 is 0 Å². The number of ether oxygens (including phenoxy) is 1. The molecular weight excluding hydrogens is 336 g/mol. The van der Waals surface area contributed by atoms with Crippen molar-refractivity contribution in [2.75, 3.05) is 6.61 Å². The van der Waals surface area contributed by atoms with Crippen LogP contribution in [0.15, 0.2) is 22.7 Å². The van der Waals surface area contributed by atoms with Crippen LogP contribution in [0.1, 0.15) is 58.4 Å². The molecule has 0 saturated heterocycles. The Balaban J connectivity index is 2.80. The Bertz CT molecular complexity index is 425. The largest absolute Gasteiger partial charge is 0.494 e. The number of hydrogen-bond acceptors (Lipinski definition) is 1. The van der Waals surface area contributed by atoms with Crippen LogP contribution in [0, 0.1) is 11.3 Å². The quantitative estimate of drug-likeness (QED) is 0.519. The second-order valence-corrected chi connectivity index (χ2v) is 8.13. The van der Waals surface area contributed by atoms with E-state index in [1.165, 1.54) is 6.42 Å². The lowest BCUT2D eigenvalue weighted by Gasteiger charge is -2.25. The normalized spacial score (nSPS) is 14.9. The van der Waals surface area contributed by atoms with Crippen molar-refractivity contribution < 1.29 is 4.74 Å². The zero-order chi connectivity index (χ0) is 15.3. The topological polar surface area (TPSA) is 9.23 Å². The summed E-state index contributed by atoms with van der Waals surface area (Å²) in [6.45, 7) is 11.8. The molecule has 0 aliphatic heterocycles. The first kappa shape index (κ1) is 17.8. The maximum absolute atomic E-state index is 6.64. The summed E-state index contributed by atoms with van der Waals surface area (Å²) in [7, 11) is 0. The van der Waals surface area contributed by atoms with E-state index < -0.39 is 0 Å². The molecule has 2 unspecified atom stereocenters. The first-order valence-electron chi connectivity index (χ1n) is 7.29. The molecule has 1 rings (SSSR count). The van der Waals surface area contributed by atoms with Gasteiger partial charge in [-0.1, -0.05) is 43.6 Å². The van der Waals surface area contributed by atoms with Gasteiger partial charge in [0.2, 0.25) is 0 Å². The van der Waals surface area contributed by atoms with Gasteiger partial charge in [0.05, 0.1) is 12.0 Å². The van der Waals surface area contributed by atoms with Gasteiger partial charge in [0, 0.05) is 10.0 Å². The van der Waals surface area contributed by atoms with Gasteiger partial charge in [0.15, 0.2) is 0 Å². The molecule has 0 aliphatic rings. The highest BCUT2D eigenvalue weighted by Gasteiger charge is 2.21.